The van der Waals surface area contributed by atoms with Crippen molar-refractivity contribution in [1.29, 1.82) is 0 Å². The summed E-state index contributed by atoms with van der Waals surface area (Å²) < 4.78 is 18.2. The molecule has 8 nitrogen and oxygen atoms in total. The lowest BCUT2D eigenvalue weighted by atomic mass is 10.2. The molecule has 32 heavy (non-hydrogen) atoms. The summed E-state index contributed by atoms with van der Waals surface area (Å²) in [6, 6.07) is 19.1. The van der Waals surface area contributed by atoms with Crippen molar-refractivity contribution >= 4 is 17.7 Å². The van der Waals surface area contributed by atoms with Gasteiger partial charge in [-0.05, 0) is 49.4 Å². The Kier molecular flexibility index (Phi) is 5.55. The normalized spacial score (nSPS) is 13.2. The molecule has 0 unspecified atom stereocenters. The molecule has 0 spiro atoms. The summed E-state index contributed by atoms with van der Waals surface area (Å²) in [4.78, 5) is 12.6. The lowest BCUT2D eigenvalue weighted by Gasteiger charge is -2.14. The predicted octanol–water partition coefficient (Wildman–Crippen LogP) is 4.05. The Bertz CT molecular complexity index is 1220. The second kappa shape index (κ2) is 8.80. The topological polar surface area (TPSA) is 91.4 Å². The quantitative estimate of drug-likeness (QED) is 0.427. The predicted molar refractivity (Wildman–Crippen MR) is 119 cm³/mol. The van der Waals surface area contributed by atoms with Crippen molar-refractivity contribution in [1.82, 2.24) is 20.1 Å². The molecule has 0 saturated carbocycles. The largest absolute Gasteiger partial charge is 0.467 e. The Labute approximate surface area is 188 Å². The number of ether oxygens (including phenoxy) is 2. The molecule has 1 N–H and O–H groups in total. The van der Waals surface area contributed by atoms with E-state index in [1.807, 2.05) is 66.1 Å². The fourth-order valence-corrected chi connectivity index (χ4v) is 4.21. The van der Waals surface area contributed by atoms with Gasteiger partial charge >= 0.3 is 0 Å². The number of hydrogen-bond acceptors (Lipinski definition) is 7. The molecule has 2 aromatic heterocycles. The summed E-state index contributed by atoms with van der Waals surface area (Å²) in [5.74, 6) is 2.62. The van der Waals surface area contributed by atoms with Crippen LogP contribution in [0.4, 0.5) is 0 Å². The minimum Gasteiger partial charge on any atom is -0.467 e. The van der Waals surface area contributed by atoms with Gasteiger partial charge in [-0.15, -0.1) is 10.2 Å². The highest BCUT2D eigenvalue weighted by molar-refractivity contribution is 8.00. The molecule has 0 radical (unpaired) electrons. The van der Waals surface area contributed by atoms with Crippen molar-refractivity contribution in [2.75, 3.05) is 6.79 Å². The first-order chi connectivity index (χ1) is 15.7. The summed E-state index contributed by atoms with van der Waals surface area (Å²) in [6.07, 6.45) is 1.58. The first kappa shape index (κ1) is 20.2. The van der Waals surface area contributed by atoms with Gasteiger partial charge in [-0.2, -0.15) is 0 Å². The van der Waals surface area contributed by atoms with Gasteiger partial charge in [0.1, 0.15) is 5.76 Å². The summed E-state index contributed by atoms with van der Waals surface area (Å²) in [6.45, 7) is 2.38. The van der Waals surface area contributed by atoms with Crippen LogP contribution in [-0.4, -0.2) is 32.7 Å². The third-order valence-corrected chi connectivity index (χ3v) is 5.99. The molecule has 1 amide bonds. The van der Waals surface area contributed by atoms with Gasteiger partial charge in [0.2, 0.25) is 12.7 Å². The summed E-state index contributed by atoms with van der Waals surface area (Å²) >= 11 is 1.34. The van der Waals surface area contributed by atoms with Gasteiger partial charge in [-0.25, -0.2) is 0 Å². The number of carbonyl (C=O) groups is 1. The summed E-state index contributed by atoms with van der Waals surface area (Å²) in [5.41, 5.74) is 1.74. The minimum absolute atomic E-state index is 0.112. The fourth-order valence-electron chi connectivity index (χ4n) is 3.32. The zero-order valence-corrected chi connectivity index (χ0v) is 18.0. The van der Waals surface area contributed by atoms with Gasteiger partial charge in [0.05, 0.1) is 18.1 Å². The average molecular weight is 449 g/mol. The molecule has 9 heteroatoms. The molecule has 3 heterocycles. The highest BCUT2D eigenvalue weighted by atomic mass is 32.2. The Morgan fingerprint density at radius 1 is 1.09 bits per heavy atom. The molecule has 4 aromatic rings. The van der Waals surface area contributed by atoms with Crippen molar-refractivity contribution in [3.8, 4) is 28.6 Å². The number of nitrogens with one attached hydrogen (secondary N) is 1. The molecular weight excluding hydrogens is 428 g/mol. The highest BCUT2D eigenvalue weighted by Gasteiger charge is 2.23. The van der Waals surface area contributed by atoms with Crippen molar-refractivity contribution in [2.24, 2.45) is 0 Å². The SMILES string of the molecule is C[C@@H](Sc1nnc(-c2ccc3c(c2)OCO3)n1-c1ccccc1)C(=O)NCc1ccco1. The van der Waals surface area contributed by atoms with E-state index in [9.17, 15) is 4.79 Å². The number of para-hydroxylation sites is 1. The number of carbonyl (C=O) groups excluding carboxylic acids is 1. The number of aromatic nitrogens is 3. The van der Waals surface area contributed by atoms with E-state index in [0.29, 0.717) is 34.8 Å². The minimum atomic E-state index is -0.388. The first-order valence-electron chi connectivity index (χ1n) is 10.1. The highest BCUT2D eigenvalue weighted by Crippen LogP contribution is 2.37. The third-order valence-electron chi connectivity index (χ3n) is 4.95. The molecule has 1 aliphatic rings. The van der Waals surface area contributed by atoms with Crippen molar-refractivity contribution in [2.45, 2.75) is 23.9 Å². The van der Waals surface area contributed by atoms with Crippen LogP contribution in [0.1, 0.15) is 12.7 Å². The van der Waals surface area contributed by atoms with Gasteiger partial charge in [0.15, 0.2) is 22.5 Å². The van der Waals surface area contributed by atoms with Crippen LogP contribution in [0.5, 0.6) is 11.5 Å². The number of hydrogen-bond donors (Lipinski definition) is 1. The zero-order chi connectivity index (χ0) is 21.9. The van der Waals surface area contributed by atoms with Crippen LogP contribution >= 0.6 is 11.8 Å². The molecule has 0 bridgehead atoms. The van der Waals surface area contributed by atoms with Crippen LogP contribution in [0.3, 0.4) is 0 Å². The third kappa shape index (κ3) is 4.06. The smallest absolute Gasteiger partial charge is 0.233 e. The Hall–Kier alpha value is -3.72. The number of nitrogens with zero attached hydrogens (tertiary/aromatic N) is 3. The van der Waals surface area contributed by atoms with Crippen LogP contribution in [0.15, 0.2) is 76.5 Å². The maximum Gasteiger partial charge on any atom is 0.233 e. The molecule has 162 valence electrons. The van der Waals surface area contributed by atoms with Crippen LogP contribution < -0.4 is 14.8 Å². The number of furan rings is 1. The van der Waals surface area contributed by atoms with Crippen LogP contribution in [0.2, 0.25) is 0 Å². The van der Waals surface area contributed by atoms with Crippen molar-refractivity contribution in [3.63, 3.8) is 0 Å². The Balaban J connectivity index is 1.43. The second-order valence-electron chi connectivity index (χ2n) is 7.10. The number of rotatable bonds is 7. The summed E-state index contributed by atoms with van der Waals surface area (Å²) in [5, 5.41) is 12.0. The number of thioether (sulfide) groups is 1. The van der Waals surface area contributed by atoms with E-state index >= 15 is 0 Å². The monoisotopic (exact) mass is 448 g/mol. The number of amides is 1. The molecule has 5 rings (SSSR count). The van der Waals surface area contributed by atoms with Crippen molar-refractivity contribution in [3.05, 3.63) is 72.7 Å². The van der Waals surface area contributed by atoms with E-state index in [-0.39, 0.29) is 18.0 Å². The lowest BCUT2D eigenvalue weighted by molar-refractivity contribution is -0.120. The van der Waals surface area contributed by atoms with E-state index in [0.717, 1.165) is 11.3 Å². The van der Waals surface area contributed by atoms with Gasteiger partial charge in [-0.1, -0.05) is 30.0 Å². The standard InChI is InChI=1S/C23H20N4O4S/c1-15(22(28)24-13-18-8-5-11-29-18)32-23-26-25-21(27(23)17-6-3-2-4-7-17)16-9-10-19-20(12-16)31-14-30-19/h2-12,15H,13-14H2,1H3,(H,24,28)/t15-/m1/s1. The lowest BCUT2D eigenvalue weighted by Crippen LogP contribution is -2.30. The molecule has 0 fully saturated rings. The van der Waals surface area contributed by atoms with Gasteiger partial charge in [-0.3, -0.25) is 9.36 Å². The van der Waals surface area contributed by atoms with E-state index in [1.54, 1.807) is 12.3 Å². The average Bonchev–Trinajstić information content (AvgIpc) is 3.58. The molecule has 0 saturated heterocycles. The van der Waals surface area contributed by atoms with E-state index in [4.69, 9.17) is 13.9 Å². The van der Waals surface area contributed by atoms with E-state index in [1.165, 1.54) is 11.8 Å². The van der Waals surface area contributed by atoms with Crippen LogP contribution in [0.25, 0.3) is 17.1 Å². The molecular formula is C23H20N4O4S. The first-order valence-corrected chi connectivity index (χ1v) is 10.9. The van der Waals surface area contributed by atoms with Gasteiger partial charge in [0, 0.05) is 11.3 Å². The Morgan fingerprint density at radius 3 is 2.75 bits per heavy atom. The van der Waals surface area contributed by atoms with Crippen LogP contribution in [-0.2, 0) is 11.3 Å². The fraction of sp³-hybridized carbons (Fsp3) is 0.174. The second-order valence-corrected chi connectivity index (χ2v) is 8.41. The van der Waals surface area contributed by atoms with E-state index in [2.05, 4.69) is 15.5 Å². The zero-order valence-electron chi connectivity index (χ0n) is 17.2. The molecule has 0 aliphatic carbocycles. The summed E-state index contributed by atoms with van der Waals surface area (Å²) in [7, 11) is 0. The van der Waals surface area contributed by atoms with E-state index < -0.39 is 0 Å². The Morgan fingerprint density at radius 2 is 1.94 bits per heavy atom. The van der Waals surface area contributed by atoms with Gasteiger partial charge < -0.3 is 19.2 Å². The molecule has 1 atom stereocenters. The maximum atomic E-state index is 12.6. The molecule has 2 aromatic carbocycles. The maximum absolute atomic E-state index is 12.6. The van der Waals surface area contributed by atoms with Crippen molar-refractivity contribution < 1.29 is 18.7 Å². The number of benzene rings is 2. The van der Waals surface area contributed by atoms with Gasteiger partial charge in [0.25, 0.3) is 0 Å². The number of fused-ring (bicyclic) bond motifs is 1. The van der Waals surface area contributed by atoms with Crippen LogP contribution in [0, 0.1) is 0 Å². The molecule has 1 aliphatic heterocycles.